The molecule has 2 atom stereocenters. The Kier molecular flexibility index (Phi) is 4.42. The predicted molar refractivity (Wildman–Crippen MR) is 82.3 cm³/mol. The van der Waals surface area contributed by atoms with Crippen molar-refractivity contribution in [3.8, 4) is 0 Å². The molecule has 0 bridgehead atoms. The molecule has 2 rings (SSSR count). The Morgan fingerprint density at radius 3 is 2.71 bits per heavy atom. The lowest BCUT2D eigenvalue weighted by Gasteiger charge is -2.54. The molecule has 0 spiro atoms. The molecule has 0 radical (unpaired) electrons. The molecule has 0 N–H and O–H groups in total. The quantitative estimate of drug-likeness (QED) is 0.838. The number of aromatic nitrogens is 2. The van der Waals surface area contributed by atoms with Gasteiger partial charge in [0.15, 0.2) is 0 Å². The van der Waals surface area contributed by atoms with Gasteiger partial charge in [-0.1, -0.05) is 13.8 Å². The molecular weight excluding hydrogens is 266 g/mol. The van der Waals surface area contributed by atoms with E-state index in [1.807, 2.05) is 38.8 Å². The van der Waals surface area contributed by atoms with Crippen molar-refractivity contribution in [1.82, 2.24) is 14.7 Å². The van der Waals surface area contributed by atoms with Crippen LogP contribution in [0.25, 0.3) is 0 Å². The standard InChI is InChI=1S/C16H27N3O2/c1-7-19-12(9-11(3)17-19)15(20)18(6)13-10-14(21-8-2)16(13,4)5/h9,13-14H,7-8,10H2,1-6H3. The zero-order valence-electron chi connectivity index (χ0n) is 14.0. The van der Waals surface area contributed by atoms with E-state index in [9.17, 15) is 4.79 Å². The molecule has 1 aromatic rings. The average molecular weight is 293 g/mol. The molecule has 0 aromatic carbocycles. The summed E-state index contributed by atoms with van der Waals surface area (Å²) < 4.78 is 7.53. The second-order valence-electron chi connectivity index (χ2n) is 6.42. The summed E-state index contributed by atoms with van der Waals surface area (Å²) in [5, 5.41) is 4.36. The third kappa shape index (κ3) is 2.71. The van der Waals surface area contributed by atoms with Gasteiger partial charge in [-0.25, -0.2) is 0 Å². The fraction of sp³-hybridized carbons (Fsp3) is 0.750. The maximum atomic E-state index is 12.7. The molecule has 1 aliphatic carbocycles. The molecule has 118 valence electrons. The maximum absolute atomic E-state index is 12.7. The number of hydrogen-bond acceptors (Lipinski definition) is 3. The Bertz CT molecular complexity index is 522. The van der Waals surface area contributed by atoms with Crippen LogP contribution in [0.4, 0.5) is 0 Å². The Labute approximate surface area is 127 Å². The largest absolute Gasteiger partial charge is 0.378 e. The lowest BCUT2D eigenvalue weighted by Crippen LogP contribution is -2.62. The highest BCUT2D eigenvalue weighted by atomic mass is 16.5. The zero-order valence-corrected chi connectivity index (χ0v) is 14.0. The monoisotopic (exact) mass is 293 g/mol. The second-order valence-corrected chi connectivity index (χ2v) is 6.42. The fourth-order valence-corrected chi connectivity index (χ4v) is 3.29. The molecule has 5 heteroatoms. The second kappa shape index (κ2) is 5.79. The first kappa shape index (κ1) is 16.0. The van der Waals surface area contributed by atoms with Crippen molar-refractivity contribution in [2.45, 2.75) is 59.7 Å². The van der Waals surface area contributed by atoms with Crippen LogP contribution in [0, 0.1) is 12.3 Å². The van der Waals surface area contributed by atoms with Crippen LogP contribution in [-0.2, 0) is 11.3 Å². The minimum absolute atomic E-state index is 0.00741. The van der Waals surface area contributed by atoms with E-state index >= 15 is 0 Å². The third-order valence-electron chi connectivity index (χ3n) is 4.70. The predicted octanol–water partition coefficient (Wildman–Crippen LogP) is 2.49. The summed E-state index contributed by atoms with van der Waals surface area (Å²) in [5.74, 6) is 0.0467. The molecule has 21 heavy (non-hydrogen) atoms. The highest BCUT2D eigenvalue weighted by Crippen LogP contribution is 2.45. The number of ether oxygens (including phenoxy) is 1. The van der Waals surface area contributed by atoms with Crippen LogP contribution in [0.2, 0.25) is 0 Å². The van der Waals surface area contributed by atoms with E-state index in [4.69, 9.17) is 4.74 Å². The highest BCUT2D eigenvalue weighted by molar-refractivity contribution is 5.93. The van der Waals surface area contributed by atoms with E-state index in [2.05, 4.69) is 18.9 Å². The molecule has 5 nitrogen and oxygen atoms in total. The van der Waals surface area contributed by atoms with Crippen LogP contribution in [0.15, 0.2) is 6.07 Å². The Hall–Kier alpha value is -1.36. The Balaban J connectivity index is 2.14. The SMILES string of the molecule is CCOC1CC(N(C)C(=O)c2cc(C)nn2CC)C1(C)C. The number of aryl methyl sites for hydroxylation is 2. The summed E-state index contributed by atoms with van der Waals surface area (Å²) in [4.78, 5) is 14.6. The van der Waals surface area contributed by atoms with Crippen molar-refractivity contribution >= 4 is 5.91 Å². The smallest absolute Gasteiger partial charge is 0.272 e. The van der Waals surface area contributed by atoms with Crippen LogP contribution in [0.5, 0.6) is 0 Å². The first-order valence-electron chi connectivity index (χ1n) is 7.76. The summed E-state index contributed by atoms with van der Waals surface area (Å²) in [6, 6.07) is 2.08. The summed E-state index contributed by atoms with van der Waals surface area (Å²) in [6.07, 6.45) is 1.14. The Morgan fingerprint density at radius 2 is 2.19 bits per heavy atom. The molecule has 1 aromatic heterocycles. The molecule has 2 unspecified atom stereocenters. The van der Waals surface area contributed by atoms with E-state index < -0.39 is 0 Å². The number of carbonyl (C=O) groups excluding carboxylic acids is 1. The molecule has 1 saturated carbocycles. The number of amides is 1. The van der Waals surface area contributed by atoms with Crippen molar-refractivity contribution in [2.75, 3.05) is 13.7 Å². The van der Waals surface area contributed by atoms with Gasteiger partial charge in [0.2, 0.25) is 0 Å². The molecule has 1 aliphatic rings. The van der Waals surface area contributed by atoms with Crippen molar-refractivity contribution in [1.29, 1.82) is 0 Å². The van der Waals surface area contributed by atoms with Crippen LogP contribution >= 0.6 is 0 Å². The van der Waals surface area contributed by atoms with Gasteiger partial charge in [-0.3, -0.25) is 9.48 Å². The van der Waals surface area contributed by atoms with Gasteiger partial charge in [0, 0.05) is 31.7 Å². The van der Waals surface area contributed by atoms with Crippen molar-refractivity contribution < 1.29 is 9.53 Å². The minimum atomic E-state index is -0.00741. The van der Waals surface area contributed by atoms with Crippen molar-refractivity contribution in [2.24, 2.45) is 5.41 Å². The molecule has 0 saturated heterocycles. The van der Waals surface area contributed by atoms with E-state index in [1.165, 1.54) is 0 Å². The summed E-state index contributed by atoms with van der Waals surface area (Å²) in [5.41, 5.74) is 1.55. The number of hydrogen-bond donors (Lipinski definition) is 0. The number of rotatable bonds is 5. The number of nitrogens with zero attached hydrogens (tertiary/aromatic N) is 3. The van der Waals surface area contributed by atoms with E-state index in [1.54, 1.807) is 4.68 Å². The molecule has 1 fully saturated rings. The molecule has 1 heterocycles. The van der Waals surface area contributed by atoms with Gasteiger partial charge < -0.3 is 9.64 Å². The average Bonchev–Trinajstić information content (AvgIpc) is 2.82. The van der Waals surface area contributed by atoms with Crippen LogP contribution in [-0.4, -0.2) is 46.4 Å². The highest BCUT2D eigenvalue weighted by Gasteiger charge is 2.52. The van der Waals surface area contributed by atoms with E-state index in [0.29, 0.717) is 12.2 Å². The minimum Gasteiger partial charge on any atom is -0.378 e. The first-order valence-corrected chi connectivity index (χ1v) is 7.76. The van der Waals surface area contributed by atoms with E-state index in [-0.39, 0.29) is 23.5 Å². The normalized spacial score (nSPS) is 23.7. The molecule has 1 amide bonds. The van der Waals surface area contributed by atoms with Crippen LogP contribution in [0.1, 0.15) is 50.3 Å². The van der Waals surface area contributed by atoms with Gasteiger partial charge in [0.05, 0.1) is 11.8 Å². The third-order valence-corrected chi connectivity index (χ3v) is 4.70. The first-order chi connectivity index (χ1) is 9.82. The van der Waals surface area contributed by atoms with E-state index in [0.717, 1.165) is 18.7 Å². The maximum Gasteiger partial charge on any atom is 0.272 e. The van der Waals surface area contributed by atoms with Crippen molar-refractivity contribution in [3.05, 3.63) is 17.5 Å². The van der Waals surface area contributed by atoms with Gasteiger partial charge in [0.1, 0.15) is 5.69 Å². The summed E-state index contributed by atoms with van der Waals surface area (Å²) in [7, 11) is 1.89. The van der Waals surface area contributed by atoms with Crippen molar-refractivity contribution in [3.63, 3.8) is 0 Å². The van der Waals surface area contributed by atoms with Gasteiger partial charge >= 0.3 is 0 Å². The zero-order chi connectivity index (χ0) is 15.8. The van der Waals surface area contributed by atoms with Gasteiger partial charge in [0.25, 0.3) is 5.91 Å². The van der Waals surface area contributed by atoms with Crippen LogP contribution in [0.3, 0.4) is 0 Å². The topological polar surface area (TPSA) is 47.4 Å². The summed E-state index contributed by atoms with van der Waals surface area (Å²) in [6.45, 7) is 11.7. The Morgan fingerprint density at radius 1 is 1.52 bits per heavy atom. The fourth-order valence-electron chi connectivity index (χ4n) is 3.29. The lowest BCUT2D eigenvalue weighted by atomic mass is 9.63. The van der Waals surface area contributed by atoms with Crippen LogP contribution < -0.4 is 0 Å². The lowest BCUT2D eigenvalue weighted by molar-refractivity contribution is -0.136. The summed E-state index contributed by atoms with van der Waals surface area (Å²) >= 11 is 0. The number of carbonyl (C=O) groups is 1. The molecular formula is C16H27N3O2. The van der Waals surface area contributed by atoms with Gasteiger partial charge in [-0.2, -0.15) is 5.10 Å². The molecule has 0 aliphatic heterocycles. The van der Waals surface area contributed by atoms with Gasteiger partial charge in [-0.05, 0) is 33.3 Å². The van der Waals surface area contributed by atoms with Gasteiger partial charge in [-0.15, -0.1) is 0 Å².